The second-order valence-corrected chi connectivity index (χ2v) is 4.95. The van der Waals surface area contributed by atoms with Gasteiger partial charge in [-0.25, -0.2) is 0 Å². The molecule has 0 saturated heterocycles. The van der Waals surface area contributed by atoms with Crippen molar-refractivity contribution >= 4 is 11.6 Å². The van der Waals surface area contributed by atoms with Crippen LogP contribution in [0.3, 0.4) is 0 Å². The van der Waals surface area contributed by atoms with Crippen molar-refractivity contribution in [1.82, 2.24) is 5.32 Å². The molecule has 0 aliphatic heterocycles. The maximum Gasteiger partial charge on any atom is 0.0541 e. The summed E-state index contributed by atoms with van der Waals surface area (Å²) in [7, 11) is 0. The third kappa shape index (κ3) is 3.48. The first-order valence-electron chi connectivity index (χ1n) is 5.90. The van der Waals surface area contributed by atoms with E-state index in [1.807, 2.05) is 18.2 Å². The van der Waals surface area contributed by atoms with Gasteiger partial charge in [0.1, 0.15) is 0 Å². The number of aliphatic hydroxyl groups is 1. The molecule has 1 aliphatic carbocycles. The lowest BCUT2D eigenvalue weighted by atomic mass is 9.93. The average molecular weight is 240 g/mol. The van der Waals surface area contributed by atoms with Crippen molar-refractivity contribution in [2.45, 2.75) is 44.4 Å². The van der Waals surface area contributed by atoms with E-state index in [0.717, 1.165) is 37.3 Å². The zero-order valence-electron chi connectivity index (χ0n) is 9.32. The maximum absolute atomic E-state index is 9.40. The Morgan fingerprint density at radius 1 is 1.25 bits per heavy atom. The van der Waals surface area contributed by atoms with E-state index >= 15 is 0 Å². The molecule has 0 radical (unpaired) electrons. The first-order valence-corrected chi connectivity index (χ1v) is 6.28. The molecule has 1 saturated carbocycles. The third-order valence-corrected chi connectivity index (χ3v) is 3.42. The van der Waals surface area contributed by atoms with Crippen LogP contribution < -0.4 is 5.32 Å². The van der Waals surface area contributed by atoms with Gasteiger partial charge in [0.05, 0.1) is 6.10 Å². The van der Waals surface area contributed by atoms with Crippen molar-refractivity contribution in [2.24, 2.45) is 0 Å². The monoisotopic (exact) mass is 239 g/mol. The molecular weight excluding hydrogens is 222 g/mol. The predicted octanol–water partition coefficient (Wildman–Crippen LogP) is 2.73. The highest BCUT2D eigenvalue weighted by atomic mass is 35.5. The molecule has 2 N–H and O–H groups in total. The molecule has 1 aromatic carbocycles. The highest BCUT2D eigenvalue weighted by molar-refractivity contribution is 6.30. The van der Waals surface area contributed by atoms with E-state index in [4.69, 9.17) is 11.6 Å². The molecule has 1 fully saturated rings. The van der Waals surface area contributed by atoms with Crippen LogP contribution in [0.15, 0.2) is 24.3 Å². The number of rotatable bonds is 3. The zero-order chi connectivity index (χ0) is 11.4. The van der Waals surface area contributed by atoms with Crippen molar-refractivity contribution in [1.29, 1.82) is 0 Å². The molecule has 1 aliphatic rings. The number of hydrogen-bond donors (Lipinski definition) is 2. The molecule has 0 amide bonds. The SMILES string of the molecule is OC1CCC(NCc2cccc(Cl)c2)CC1. The van der Waals surface area contributed by atoms with Crippen LogP contribution in [0.5, 0.6) is 0 Å². The summed E-state index contributed by atoms with van der Waals surface area (Å²) >= 11 is 5.92. The van der Waals surface area contributed by atoms with Crippen LogP contribution >= 0.6 is 11.6 Å². The second-order valence-electron chi connectivity index (χ2n) is 4.52. The Bertz CT molecular complexity index is 334. The number of halogens is 1. The lowest BCUT2D eigenvalue weighted by molar-refractivity contribution is 0.116. The van der Waals surface area contributed by atoms with Gasteiger partial charge in [0.25, 0.3) is 0 Å². The van der Waals surface area contributed by atoms with Gasteiger partial charge >= 0.3 is 0 Å². The molecule has 0 atom stereocenters. The van der Waals surface area contributed by atoms with Crippen molar-refractivity contribution in [2.75, 3.05) is 0 Å². The largest absolute Gasteiger partial charge is 0.393 e. The third-order valence-electron chi connectivity index (χ3n) is 3.18. The molecule has 2 nitrogen and oxygen atoms in total. The molecule has 16 heavy (non-hydrogen) atoms. The average Bonchev–Trinajstić information content (AvgIpc) is 2.28. The predicted molar refractivity (Wildman–Crippen MR) is 66.6 cm³/mol. The summed E-state index contributed by atoms with van der Waals surface area (Å²) in [5.41, 5.74) is 1.22. The lowest BCUT2D eigenvalue weighted by Crippen LogP contribution is -2.34. The van der Waals surface area contributed by atoms with Crippen molar-refractivity contribution < 1.29 is 5.11 Å². The Balaban J connectivity index is 1.79. The lowest BCUT2D eigenvalue weighted by Gasteiger charge is -2.26. The van der Waals surface area contributed by atoms with Gasteiger partial charge in [-0.2, -0.15) is 0 Å². The van der Waals surface area contributed by atoms with E-state index in [1.165, 1.54) is 5.56 Å². The highest BCUT2D eigenvalue weighted by Crippen LogP contribution is 2.19. The minimum Gasteiger partial charge on any atom is -0.393 e. The molecule has 1 aromatic rings. The van der Waals surface area contributed by atoms with Crippen LogP contribution in [0.2, 0.25) is 5.02 Å². The van der Waals surface area contributed by atoms with Crippen molar-refractivity contribution in [3.05, 3.63) is 34.9 Å². The van der Waals surface area contributed by atoms with E-state index in [0.29, 0.717) is 6.04 Å². The minimum absolute atomic E-state index is 0.0794. The van der Waals surface area contributed by atoms with Gasteiger partial charge in [0, 0.05) is 17.6 Å². The van der Waals surface area contributed by atoms with Gasteiger partial charge in [-0.3, -0.25) is 0 Å². The summed E-state index contributed by atoms with van der Waals surface area (Å²) in [6, 6.07) is 8.48. The highest BCUT2D eigenvalue weighted by Gasteiger charge is 2.18. The Morgan fingerprint density at radius 2 is 2.00 bits per heavy atom. The zero-order valence-corrected chi connectivity index (χ0v) is 10.1. The summed E-state index contributed by atoms with van der Waals surface area (Å²) in [5, 5.41) is 13.7. The second kappa shape index (κ2) is 5.67. The number of benzene rings is 1. The topological polar surface area (TPSA) is 32.3 Å². The Morgan fingerprint density at radius 3 is 2.69 bits per heavy atom. The first kappa shape index (κ1) is 11.9. The Hall–Kier alpha value is -0.570. The van der Waals surface area contributed by atoms with Gasteiger partial charge in [0.2, 0.25) is 0 Å². The van der Waals surface area contributed by atoms with Crippen LogP contribution in [-0.2, 0) is 6.54 Å². The first-order chi connectivity index (χ1) is 7.74. The Kier molecular flexibility index (Phi) is 4.22. The molecule has 0 bridgehead atoms. The van der Waals surface area contributed by atoms with Crippen molar-refractivity contribution in [3.63, 3.8) is 0 Å². The van der Waals surface area contributed by atoms with Gasteiger partial charge in [0.15, 0.2) is 0 Å². The van der Waals surface area contributed by atoms with E-state index in [9.17, 15) is 5.11 Å². The number of nitrogens with one attached hydrogen (secondary N) is 1. The van der Waals surface area contributed by atoms with Gasteiger partial charge in [-0.05, 0) is 43.4 Å². The fourth-order valence-corrected chi connectivity index (χ4v) is 2.40. The normalized spacial score (nSPS) is 25.6. The van der Waals surface area contributed by atoms with Crippen LogP contribution in [-0.4, -0.2) is 17.3 Å². The number of hydrogen-bond acceptors (Lipinski definition) is 2. The summed E-state index contributed by atoms with van der Waals surface area (Å²) in [6.45, 7) is 0.862. The summed E-state index contributed by atoms with van der Waals surface area (Å²) in [5.74, 6) is 0. The van der Waals surface area contributed by atoms with Crippen LogP contribution in [0, 0.1) is 0 Å². The standard InChI is InChI=1S/C13H18ClNO/c14-11-3-1-2-10(8-11)9-15-12-4-6-13(16)7-5-12/h1-3,8,12-13,15-16H,4-7,9H2. The molecule has 2 rings (SSSR count). The van der Waals surface area contributed by atoms with Gasteiger partial charge < -0.3 is 10.4 Å². The van der Waals surface area contributed by atoms with Crippen LogP contribution in [0.1, 0.15) is 31.2 Å². The van der Waals surface area contributed by atoms with Gasteiger partial charge in [-0.1, -0.05) is 23.7 Å². The summed E-state index contributed by atoms with van der Waals surface area (Å²) in [6.07, 6.45) is 3.91. The van der Waals surface area contributed by atoms with E-state index in [2.05, 4.69) is 11.4 Å². The molecule has 88 valence electrons. The molecule has 3 heteroatoms. The summed E-state index contributed by atoms with van der Waals surface area (Å²) in [4.78, 5) is 0. The fourth-order valence-electron chi connectivity index (χ4n) is 2.19. The van der Waals surface area contributed by atoms with Gasteiger partial charge in [-0.15, -0.1) is 0 Å². The van der Waals surface area contributed by atoms with Crippen LogP contribution in [0.25, 0.3) is 0 Å². The van der Waals surface area contributed by atoms with E-state index in [-0.39, 0.29) is 6.10 Å². The fraction of sp³-hybridized carbons (Fsp3) is 0.538. The quantitative estimate of drug-likeness (QED) is 0.850. The van der Waals surface area contributed by atoms with Crippen LogP contribution in [0.4, 0.5) is 0 Å². The summed E-state index contributed by atoms with van der Waals surface area (Å²) < 4.78 is 0. The van der Waals surface area contributed by atoms with E-state index < -0.39 is 0 Å². The van der Waals surface area contributed by atoms with Crippen molar-refractivity contribution in [3.8, 4) is 0 Å². The molecule has 0 aromatic heterocycles. The van der Waals surface area contributed by atoms with E-state index in [1.54, 1.807) is 0 Å². The Labute approximate surface area is 102 Å². The molecule has 0 heterocycles. The molecular formula is C13H18ClNO. The number of aliphatic hydroxyl groups excluding tert-OH is 1. The smallest absolute Gasteiger partial charge is 0.0541 e. The molecule has 0 spiro atoms. The maximum atomic E-state index is 9.40. The minimum atomic E-state index is -0.0794. The molecule has 0 unspecified atom stereocenters.